The minimum absolute atomic E-state index is 0.0256. The van der Waals surface area contributed by atoms with E-state index in [4.69, 9.17) is 9.72 Å². The summed E-state index contributed by atoms with van der Waals surface area (Å²) in [5.74, 6) is 0.607. The van der Waals surface area contributed by atoms with Gasteiger partial charge in [0.2, 0.25) is 0 Å². The van der Waals surface area contributed by atoms with E-state index in [-0.39, 0.29) is 11.5 Å². The highest BCUT2D eigenvalue weighted by Gasteiger charge is 2.17. The van der Waals surface area contributed by atoms with Gasteiger partial charge in [0.25, 0.3) is 5.56 Å². The van der Waals surface area contributed by atoms with Crippen molar-refractivity contribution in [3.63, 3.8) is 0 Å². The second-order valence-corrected chi connectivity index (χ2v) is 8.86. The van der Waals surface area contributed by atoms with Crippen LogP contribution in [0, 0.1) is 0 Å². The molecule has 3 aromatic rings. The molecule has 0 spiro atoms. The Morgan fingerprint density at radius 3 is 2.42 bits per heavy atom. The second-order valence-electron chi connectivity index (χ2n) is 8.86. The maximum Gasteiger partial charge on any atom is 0.306 e. The molecule has 0 fully saturated rings. The summed E-state index contributed by atoms with van der Waals surface area (Å²) in [4.78, 5) is 30.4. The molecule has 164 valence electrons. The molecular weight excluding hydrogens is 388 g/mol. The Labute approximate surface area is 184 Å². The van der Waals surface area contributed by atoms with Crippen LogP contribution in [0.2, 0.25) is 0 Å². The average Bonchev–Trinajstić information content (AvgIpc) is 2.71. The molecule has 5 nitrogen and oxygen atoms in total. The molecule has 0 aliphatic carbocycles. The molecular formula is C26H32N2O3. The van der Waals surface area contributed by atoms with Crippen LogP contribution in [0.4, 0.5) is 0 Å². The van der Waals surface area contributed by atoms with Crippen molar-refractivity contribution in [1.29, 1.82) is 0 Å². The smallest absolute Gasteiger partial charge is 0.306 e. The monoisotopic (exact) mass is 420 g/mol. The fraction of sp³-hybridized carbons (Fsp3) is 0.423. The van der Waals surface area contributed by atoms with Crippen LogP contribution in [0.3, 0.4) is 0 Å². The van der Waals surface area contributed by atoms with Crippen LogP contribution in [0.25, 0.3) is 16.6 Å². The van der Waals surface area contributed by atoms with Crippen molar-refractivity contribution >= 4 is 16.9 Å². The Bertz CT molecular complexity index is 1100. The first-order chi connectivity index (χ1) is 14.8. The summed E-state index contributed by atoms with van der Waals surface area (Å²) in [6, 6.07) is 15.6. The van der Waals surface area contributed by atoms with Crippen LogP contribution in [0.5, 0.6) is 0 Å². The lowest BCUT2D eigenvalue weighted by Crippen LogP contribution is -2.25. The normalized spacial score (nSPS) is 11.6. The predicted molar refractivity (Wildman–Crippen MR) is 125 cm³/mol. The van der Waals surface area contributed by atoms with Crippen molar-refractivity contribution in [2.24, 2.45) is 0 Å². The quantitative estimate of drug-likeness (QED) is 0.362. The second kappa shape index (κ2) is 9.90. The van der Waals surface area contributed by atoms with E-state index in [9.17, 15) is 9.59 Å². The van der Waals surface area contributed by atoms with Gasteiger partial charge >= 0.3 is 5.97 Å². The van der Waals surface area contributed by atoms with Crippen LogP contribution < -0.4 is 5.56 Å². The number of hydrogen-bond donors (Lipinski definition) is 0. The van der Waals surface area contributed by atoms with Crippen molar-refractivity contribution < 1.29 is 9.53 Å². The van der Waals surface area contributed by atoms with E-state index < -0.39 is 5.60 Å². The topological polar surface area (TPSA) is 61.2 Å². The van der Waals surface area contributed by atoms with E-state index in [2.05, 4.69) is 6.92 Å². The van der Waals surface area contributed by atoms with Gasteiger partial charge < -0.3 is 4.74 Å². The SMILES string of the molecule is CCCc1nc2cccc(CCCCC(=O)OC(C)(C)C)c2c(=O)n1-c1ccccc1. The Hall–Kier alpha value is -2.95. The molecule has 0 unspecified atom stereocenters. The lowest BCUT2D eigenvalue weighted by Gasteiger charge is -2.19. The first kappa shape index (κ1) is 22.7. The highest BCUT2D eigenvalue weighted by Crippen LogP contribution is 2.20. The van der Waals surface area contributed by atoms with Gasteiger partial charge in [-0.25, -0.2) is 4.98 Å². The molecule has 5 heteroatoms. The van der Waals surface area contributed by atoms with Gasteiger partial charge in [0.1, 0.15) is 11.4 Å². The van der Waals surface area contributed by atoms with Gasteiger partial charge in [-0.1, -0.05) is 37.3 Å². The van der Waals surface area contributed by atoms with Crippen LogP contribution in [-0.2, 0) is 22.4 Å². The third-order valence-corrected chi connectivity index (χ3v) is 5.04. The van der Waals surface area contributed by atoms with E-state index >= 15 is 0 Å². The molecule has 0 saturated heterocycles. The summed E-state index contributed by atoms with van der Waals surface area (Å²) in [6.45, 7) is 7.71. The lowest BCUT2D eigenvalue weighted by atomic mass is 10.0. The number of rotatable bonds is 8. The molecule has 0 atom stereocenters. The summed E-state index contributed by atoms with van der Waals surface area (Å²) in [6.07, 6.45) is 4.28. The summed E-state index contributed by atoms with van der Waals surface area (Å²) in [5, 5.41) is 0.670. The number of nitrogens with zero attached hydrogens (tertiary/aromatic N) is 2. The number of para-hydroxylation sites is 1. The number of ether oxygens (including phenoxy) is 1. The van der Waals surface area contributed by atoms with Gasteiger partial charge in [0.05, 0.1) is 16.6 Å². The summed E-state index contributed by atoms with van der Waals surface area (Å²) in [5.41, 5.74) is 2.07. The summed E-state index contributed by atoms with van der Waals surface area (Å²) in [7, 11) is 0. The van der Waals surface area contributed by atoms with Crippen molar-refractivity contribution in [3.8, 4) is 5.69 Å². The van der Waals surface area contributed by atoms with Crippen molar-refractivity contribution in [2.75, 3.05) is 0 Å². The van der Waals surface area contributed by atoms with E-state index in [0.29, 0.717) is 11.8 Å². The van der Waals surface area contributed by atoms with Crippen LogP contribution in [0.15, 0.2) is 53.3 Å². The van der Waals surface area contributed by atoms with Crippen LogP contribution in [0.1, 0.15) is 64.8 Å². The molecule has 0 bridgehead atoms. The first-order valence-electron chi connectivity index (χ1n) is 11.1. The Balaban J connectivity index is 1.88. The zero-order chi connectivity index (χ0) is 22.4. The number of esters is 1. The fourth-order valence-corrected chi connectivity index (χ4v) is 3.77. The Kier molecular flexibility index (Phi) is 7.26. The maximum absolute atomic E-state index is 13.6. The molecule has 0 aliphatic rings. The number of fused-ring (bicyclic) bond motifs is 1. The molecule has 0 saturated carbocycles. The molecule has 0 radical (unpaired) electrons. The van der Waals surface area contributed by atoms with Crippen molar-refractivity contribution in [3.05, 3.63) is 70.3 Å². The highest BCUT2D eigenvalue weighted by atomic mass is 16.6. The molecule has 31 heavy (non-hydrogen) atoms. The Morgan fingerprint density at radius 2 is 1.74 bits per heavy atom. The van der Waals surface area contributed by atoms with E-state index in [1.54, 1.807) is 4.57 Å². The third kappa shape index (κ3) is 5.81. The Morgan fingerprint density at radius 1 is 1.00 bits per heavy atom. The van der Waals surface area contributed by atoms with Crippen molar-refractivity contribution in [2.45, 2.75) is 71.8 Å². The van der Waals surface area contributed by atoms with Crippen LogP contribution in [-0.4, -0.2) is 21.1 Å². The summed E-state index contributed by atoms with van der Waals surface area (Å²) >= 11 is 0. The number of carbonyl (C=O) groups is 1. The van der Waals surface area contributed by atoms with Crippen LogP contribution >= 0.6 is 0 Å². The molecule has 1 aromatic heterocycles. The van der Waals surface area contributed by atoms with Gasteiger partial charge in [0, 0.05) is 12.8 Å². The van der Waals surface area contributed by atoms with E-state index in [1.165, 1.54) is 0 Å². The molecule has 2 aromatic carbocycles. The number of benzene rings is 2. The largest absolute Gasteiger partial charge is 0.460 e. The fourth-order valence-electron chi connectivity index (χ4n) is 3.77. The first-order valence-corrected chi connectivity index (χ1v) is 11.1. The predicted octanol–water partition coefficient (Wildman–Crippen LogP) is 5.39. The van der Waals surface area contributed by atoms with E-state index in [1.807, 2.05) is 69.3 Å². The van der Waals surface area contributed by atoms with Gasteiger partial charge in [-0.15, -0.1) is 0 Å². The number of carbonyl (C=O) groups excluding carboxylic acids is 1. The molecule has 1 heterocycles. The summed E-state index contributed by atoms with van der Waals surface area (Å²) < 4.78 is 7.12. The lowest BCUT2D eigenvalue weighted by molar-refractivity contribution is -0.154. The standard InChI is InChI=1S/C26H32N2O3/c1-5-12-22-27-21-17-11-14-19(13-9-10-18-23(29)31-26(2,3)4)24(21)25(30)28(22)20-15-7-6-8-16-20/h6-8,11,14-17H,5,9-10,12-13,18H2,1-4H3. The zero-order valence-electron chi connectivity index (χ0n) is 19.0. The zero-order valence-corrected chi connectivity index (χ0v) is 19.0. The van der Waals surface area contributed by atoms with Gasteiger partial charge in [-0.2, -0.15) is 0 Å². The third-order valence-electron chi connectivity index (χ3n) is 5.04. The minimum atomic E-state index is -0.461. The van der Waals surface area contributed by atoms with Gasteiger partial charge in [0.15, 0.2) is 0 Å². The van der Waals surface area contributed by atoms with E-state index in [0.717, 1.165) is 54.7 Å². The highest BCUT2D eigenvalue weighted by molar-refractivity contribution is 5.81. The van der Waals surface area contributed by atoms with Crippen molar-refractivity contribution in [1.82, 2.24) is 9.55 Å². The molecule has 0 aliphatic heterocycles. The number of hydrogen-bond acceptors (Lipinski definition) is 4. The maximum atomic E-state index is 13.6. The molecule has 0 N–H and O–H groups in total. The molecule has 3 rings (SSSR count). The molecule has 0 amide bonds. The van der Waals surface area contributed by atoms with Gasteiger partial charge in [-0.05, 0) is 70.2 Å². The number of aryl methyl sites for hydroxylation is 2. The van der Waals surface area contributed by atoms with Gasteiger partial charge in [-0.3, -0.25) is 14.2 Å². The number of unbranched alkanes of at least 4 members (excludes halogenated alkanes) is 1. The number of aromatic nitrogens is 2. The minimum Gasteiger partial charge on any atom is -0.460 e. The average molecular weight is 421 g/mol.